The van der Waals surface area contributed by atoms with Gasteiger partial charge >= 0.3 is 0 Å². The lowest BCUT2D eigenvalue weighted by atomic mass is 10.0. The average molecular weight is 173 g/mol. The van der Waals surface area contributed by atoms with Gasteiger partial charge in [-0.1, -0.05) is 0 Å². The highest BCUT2D eigenvalue weighted by Gasteiger charge is 2.18. The molecule has 1 aliphatic heterocycles. The molecule has 0 aliphatic carbocycles. The first-order valence-electron chi connectivity index (χ1n) is 4.71. The summed E-state index contributed by atoms with van der Waals surface area (Å²) in [5.41, 5.74) is 0. The van der Waals surface area contributed by atoms with Crippen molar-refractivity contribution < 1.29 is 9.84 Å². The van der Waals surface area contributed by atoms with Gasteiger partial charge in [-0.05, 0) is 26.7 Å². The monoisotopic (exact) mass is 173 g/mol. The maximum atomic E-state index is 9.06. The lowest BCUT2D eigenvalue weighted by molar-refractivity contribution is 0.0114. The smallest absolute Gasteiger partial charge is 0.0636 e. The third-order valence-corrected chi connectivity index (χ3v) is 2.19. The standard InChI is InChI=1S/C9H19NO2/c1-7(11)6-10-9-3-4-12-8(2)5-9/h7-11H,3-6H2,1-2H3/t7-,8?,9?/m0/s1. The van der Waals surface area contributed by atoms with Crippen molar-refractivity contribution in [3.8, 4) is 0 Å². The Balaban J connectivity index is 2.14. The molecule has 3 nitrogen and oxygen atoms in total. The summed E-state index contributed by atoms with van der Waals surface area (Å²) in [5, 5.41) is 12.4. The lowest BCUT2D eigenvalue weighted by Crippen LogP contribution is -2.40. The normalized spacial score (nSPS) is 33.2. The van der Waals surface area contributed by atoms with E-state index in [1.54, 1.807) is 6.92 Å². The number of hydrogen-bond donors (Lipinski definition) is 2. The Bertz CT molecular complexity index is 128. The van der Waals surface area contributed by atoms with Crippen molar-refractivity contribution in [1.82, 2.24) is 5.32 Å². The second-order valence-electron chi connectivity index (χ2n) is 3.66. The topological polar surface area (TPSA) is 41.5 Å². The van der Waals surface area contributed by atoms with Crippen molar-refractivity contribution in [2.45, 2.75) is 44.9 Å². The maximum Gasteiger partial charge on any atom is 0.0636 e. The summed E-state index contributed by atoms with van der Waals surface area (Å²) in [4.78, 5) is 0. The Kier molecular flexibility index (Phi) is 3.98. The summed E-state index contributed by atoms with van der Waals surface area (Å²) in [7, 11) is 0. The van der Waals surface area contributed by atoms with Crippen molar-refractivity contribution in [2.24, 2.45) is 0 Å². The van der Waals surface area contributed by atoms with Crippen LogP contribution in [0.15, 0.2) is 0 Å². The summed E-state index contributed by atoms with van der Waals surface area (Å²) in [6.07, 6.45) is 2.25. The fourth-order valence-corrected chi connectivity index (χ4v) is 1.52. The summed E-state index contributed by atoms with van der Waals surface area (Å²) < 4.78 is 5.41. The van der Waals surface area contributed by atoms with E-state index in [9.17, 15) is 0 Å². The zero-order valence-electron chi connectivity index (χ0n) is 7.92. The van der Waals surface area contributed by atoms with Gasteiger partial charge in [-0.3, -0.25) is 0 Å². The number of rotatable bonds is 3. The molecular formula is C9H19NO2. The van der Waals surface area contributed by atoms with Gasteiger partial charge in [0.25, 0.3) is 0 Å². The molecule has 72 valence electrons. The molecule has 1 saturated heterocycles. The number of aliphatic hydroxyl groups is 1. The molecule has 2 unspecified atom stereocenters. The van der Waals surface area contributed by atoms with Crippen LogP contribution in [-0.4, -0.2) is 36.5 Å². The minimum Gasteiger partial charge on any atom is -0.392 e. The highest BCUT2D eigenvalue weighted by atomic mass is 16.5. The predicted molar refractivity (Wildman–Crippen MR) is 48.1 cm³/mol. The number of ether oxygens (including phenoxy) is 1. The predicted octanol–water partition coefficient (Wildman–Crippen LogP) is 0.524. The van der Waals surface area contributed by atoms with E-state index < -0.39 is 0 Å². The fourth-order valence-electron chi connectivity index (χ4n) is 1.52. The van der Waals surface area contributed by atoms with Gasteiger partial charge in [0.2, 0.25) is 0 Å². The van der Waals surface area contributed by atoms with Crippen molar-refractivity contribution in [2.75, 3.05) is 13.2 Å². The molecule has 3 heteroatoms. The first-order chi connectivity index (χ1) is 5.68. The molecular weight excluding hydrogens is 154 g/mol. The van der Waals surface area contributed by atoms with E-state index in [1.807, 2.05) is 0 Å². The molecule has 2 N–H and O–H groups in total. The quantitative estimate of drug-likeness (QED) is 0.654. The fraction of sp³-hybridized carbons (Fsp3) is 1.00. The summed E-state index contributed by atoms with van der Waals surface area (Å²) in [5.74, 6) is 0. The van der Waals surface area contributed by atoms with Gasteiger partial charge in [-0.2, -0.15) is 0 Å². The van der Waals surface area contributed by atoms with Gasteiger partial charge in [0, 0.05) is 19.2 Å². The molecule has 0 amide bonds. The van der Waals surface area contributed by atoms with Gasteiger partial charge < -0.3 is 15.2 Å². The average Bonchev–Trinajstić information content (AvgIpc) is 2.01. The van der Waals surface area contributed by atoms with E-state index in [0.717, 1.165) is 19.4 Å². The summed E-state index contributed by atoms with van der Waals surface area (Å²) in [6, 6.07) is 0.531. The Hall–Kier alpha value is -0.120. The second kappa shape index (κ2) is 4.80. The minimum atomic E-state index is -0.247. The molecule has 0 saturated carbocycles. The Morgan fingerprint density at radius 1 is 1.67 bits per heavy atom. The molecule has 0 bridgehead atoms. The Labute approximate surface area is 74.1 Å². The lowest BCUT2D eigenvalue weighted by Gasteiger charge is -2.28. The largest absolute Gasteiger partial charge is 0.392 e. The molecule has 0 aromatic heterocycles. The zero-order chi connectivity index (χ0) is 8.97. The maximum absolute atomic E-state index is 9.06. The minimum absolute atomic E-state index is 0.247. The molecule has 0 aromatic carbocycles. The van der Waals surface area contributed by atoms with E-state index in [1.165, 1.54) is 0 Å². The number of hydrogen-bond acceptors (Lipinski definition) is 3. The van der Waals surface area contributed by atoms with E-state index in [-0.39, 0.29) is 6.10 Å². The summed E-state index contributed by atoms with van der Waals surface area (Å²) >= 11 is 0. The molecule has 0 spiro atoms. The first kappa shape index (κ1) is 9.96. The van der Waals surface area contributed by atoms with Crippen molar-refractivity contribution in [3.05, 3.63) is 0 Å². The number of nitrogens with one attached hydrogen (secondary N) is 1. The van der Waals surface area contributed by atoms with Crippen LogP contribution in [0.25, 0.3) is 0 Å². The third-order valence-electron chi connectivity index (χ3n) is 2.19. The Morgan fingerprint density at radius 3 is 3.00 bits per heavy atom. The van der Waals surface area contributed by atoms with Crippen LogP contribution in [-0.2, 0) is 4.74 Å². The van der Waals surface area contributed by atoms with E-state index in [0.29, 0.717) is 18.7 Å². The molecule has 1 fully saturated rings. The number of aliphatic hydroxyl groups excluding tert-OH is 1. The van der Waals surface area contributed by atoms with E-state index in [2.05, 4.69) is 12.2 Å². The van der Waals surface area contributed by atoms with Gasteiger partial charge in [0.15, 0.2) is 0 Å². The zero-order valence-corrected chi connectivity index (χ0v) is 7.92. The second-order valence-corrected chi connectivity index (χ2v) is 3.66. The van der Waals surface area contributed by atoms with Crippen LogP contribution in [0.3, 0.4) is 0 Å². The third kappa shape index (κ3) is 3.52. The van der Waals surface area contributed by atoms with Gasteiger partial charge in [-0.15, -0.1) is 0 Å². The first-order valence-corrected chi connectivity index (χ1v) is 4.71. The van der Waals surface area contributed by atoms with Gasteiger partial charge in [0.05, 0.1) is 12.2 Å². The van der Waals surface area contributed by atoms with Crippen LogP contribution in [0.1, 0.15) is 26.7 Å². The Morgan fingerprint density at radius 2 is 2.42 bits per heavy atom. The molecule has 0 aromatic rings. The molecule has 3 atom stereocenters. The van der Waals surface area contributed by atoms with Crippen LogP contribution in [0, 0.1) is 0 Å². The van der Waals surface area contributed by atoms with Gasteiger partial charge in [-0.25, -0.2) is 0 Å². The van der Waals surface area contributed by atoms with Gasteiger partial charge in [0.1, 0.15) is 0 Å². The molecule has 12 heavy (non-hydrogen) atoms. The van der Waals surface area contributed by atoms with E-state index >= 15 is 0 Å². The van der Waals surface area contributed by atoms with Crippen molar-refractivity contribution in [3.63, 3.8) is 0 Å². The highest BCUT2D eigenvalue weighted by molar-refractivity contribution is 4.74. The van der Waals surface area contributed by atoms with Crippen LogP contribution >= 0.6 is 0 Å². The molecule has 1 rings (SSSR count). The molecule has 1 aliphatic rings. The van der Waals surface area contributed by atoms with Crippen LogP contribution in [0.2, 0.25) is 0 Å². The van der Waals surface area contributed by atoms with E-state index in [4.69, 9.17) is 9.84 Å². The summed E-state index contributed by atoms with van der Waals surface area (Å²) in [6.45, 7) is 5.43. The van der Waals surface area contributed by atoms with Crippen LogP contribution < -0.4 is 5.32 Å². The molecule has 0 radical (unpaired) electrons. The van der Waals surface area contributed by atoms with Crippen molar-refractivity contribution >= 4 is 0 Å². The van der Waals surface area contributed by atoms with Crippen LogP contribution in [0.5, 0.6) is 0 Å². The van der Waals surface area contributed by atoms with Crippen molar-refractivity contribution in [1.29, 1.82) is 0 Å². The highest BCUT2D eigenvalue weighted by Crippen LogP contribution is 2.12. The SMILES string of the molecule is CC1CC(NC[C@H](C)O)CCO1. The van der Waals surface area contributed by atoms with Crippen LogP contribution in [0.4, 0.5) is 0 Å². The molecule has 1 heterocycles.